The van der Waals surface area contributed by atoms with Crippen molar-refractivity contribution in [2.45, 2.75) is 26.7 Å². The van der Waals surface area contributed by atoms with E-state index in [-0.39, 0.29) is 11.3 Å². The Balaban J connectivity index is 2.81. The highest BCUT2D eigenvalue weighted by Crippen LogP contribution is 2.28. The van der Waals surface area contributed by atoms with Gasteiger partial charge in [-0.05, 0) is 19.4 Å². The van der Waals surface area contributed by atoms with Crippen LogP contribution in [0.4, 0.5) is 5.69 Å². The summed E-state index contributed by atoms with van der Waals surface area (Å²) in [5, 5.41) is 10.2. The van der Waals surface area contributed by atoms with Crippen LogP contribution in [-0.4, -0.2) is 28.6 Å². The van der Waals surface area contributed by atoms with Crippen LogP contribution in [0.1, 0.15) is 24.6 Å². The normalized spacial score (nSPS) is 10.9. The molecular formula is C14H19N3O2. The summed E-state index contributed by atoms with van der Waals surface area (Å²) in [6, 6.07) is 1.72. The maximum Gasteiger partial charge on any atom is 0.261 e. The second kappa shape index (κ2) is 4.91. The summed E-state index contributed by atoms with van der Waals surface area (Å²) in [4.78, 5) is 18.5. The summed E-state index contributed by atoms with van der Waals surface area (Å²) in [5.41, 5.74) is 2.28. The van der Waals surface area contributed by atoms with E-state index < -0.39 is 0 Å². The first kappa shape index (κ1) is 13.4. The van der Waals surface area contributed by atoms with Gasteiger partial charge in [0.2, 0.25) is 0 Å². The monoisotopic (exact) mass is 261 g/mol. The van der Waals surface area contributed by atoms with Gasteiger partial charge in [0.25, 0.3) is 5.56 Å². The molecule has 2 aromatic heterocycles. The molecule has 0 radical (unpaired) electrons. The Morgan fingerprint density at radius 1 is 1.42 bits per heavy atom. The molecule has 5 nitrogen and oxygen atoms in total. The van der Waals surface area contributed by atoms with Gasteiger partial charge in [0.15, 0.2) is 11.4 Å². The fourth-order valence-electron chi connectivity index (χ4n) is 2.22. The van der Waals surface area contributed by atoms with E-state index in [1.54, 1.807) is 17.2 Å². The average molecular weight is 261 g/mol. The number of aryl methyl sites for hydroxylation is 1. The second-order valence-corrected chi connectivity index (χ2v) is 4.87. The van der Waals surface area contributed by atoms with Crippen LogP contribution in [0.3, 0.4) is 0 Å². The van der Waals surface area contributed by atoms with Crippen LogP contribution in [0.2, 0.25) is 0 Å². The zero-order valence-electron chi connectivity index (χ0n) is 11.8. The standard InChI is InChI=1S/C14H19N3O2/c1-5-6-10-9(2)15-13-12(18)11(16(3)4)7-8-17(13)14(10)19/h7-8,18H,5-6H2,1-4H3. The van der Waals surface area contributed by atoms with Gasteiger partial charge in [0.1, 0.15) is 0 Å². The molecule has 0 aliphatic carbocycles. The van der Waals surface area contributed by atoms with E-state index >= 15 is 0 Å². The Morgan fingerprint density at radius 2 is 2.11 bits per heavy atom. The van der Waals surface area contributed by atoms with Gasteiger partial charge in [-0.15, -0.1) is 0 Å². The zero-order chi connectivity index (χ0) is 14.2. The number of nitrogens with zero attached hydrogens (tertiary/aromatic N) is 3. The first-order valence-electron chi connectivity index (χ1n) is 6.38. The van der Waals surface area contributed by atoms with Gasteiger partial charge in [-0.25, -0.2) is 4.98 Å². The molecule has 0 unspecified atom stereocenters. The maximum atomic E-state index is 12.4. The molecule has 0 spiro atoms. The van der Waals surface area contributed by atoms with Crippen molar-refractivity contribution in [1.82, 2.24) is 9.38 Å². The van der Waals surface area contributed by atoms with Crippen molar-refractivity contribution in [3.05, 3.63) is 33.9 Å². The summed E-state index contributed by atoms with van der Waals surface area (Å²) in [5.74, 6) is 0.0377. The van der Waals surface area contributed by atoms with Crippen LogP contribution in [0, 0.1) is 6.92 Å². The van der Waals surface area contributed by atoms with Gasteiger partial charge >= 0.3 is 0 Å². The number of anilines is 1. The Morgan fingerprint density at radius 3 is 2.68 bits per heavy atom. The molecule has 0 bridgehead atoms. The van der Waals surface area contributed by atoms with E-state index in [0.29, 0.717) is 23.4 Å². The van der Waals surface area contributed by atoms with Crippen LogP contribution in [0.25, 0.3) is 5.65 Å². The Hall–Kier alpha value is -2.04. The van der Waals surface area contributed by atoms with E-state index in [1.165, 1.54) is 4.40 Å². The summed E-state index contributed by atoms with van der Waals surface area (Å²) >= 11 is 0. The highest BCUT2D eigenvalue weighted by Gasteiger charge is 2.14. The number of aromatic nitrogens is 2. The van der Waals surface area contributed by atoms with Crippen molar-refractivity contribution < 1.29 is 5.11 Å². The van der Waals surface area contributed by atoms with Gasteiger partial charge in [-0.1, -0.05) is 13.3 Å². The van der Waals surface area contributed by atoms with E-state index in [2.05, 4.69) is 4.98 Å². The molecule has 0 aromatic carbocycles. The second-order valence-electron chi connectivity index (χ2n) is 4.87. The summed E-state index contributed by atoms with van der Waals surface area (Å²) < 4.78 is 1.42. The lowest BCUT2D eigenvalue weighted by atomic mass is 10.1. The first-order valence-corrected chi connectivity index (χ1v) is 6.38. The lowest BCUT2D eigenvalue weighted by Crippen LogP contribution is -2.22. The molecule has 2 heterocycles. The molecule has 0 saturated heterocycles. The summed E-state index contributed by atoms with van der Waals surface area (Å²) in [7, 11) is 3.67. The Labute approximate surface area is 112 Å². The minimum Gasteiger partial charge on any atom is -0.503 e. The van der Waals surface area contributed by atoms with Crippen molar-refractivity contribution >= 4 is 11.3 Å². The van der Waals surface area contributed by atoms with Crippen molar-refractivity contribution in [1.29, 1.82) is 0 Å². The van der Waals surface area contributed by atoms with E-state index in [0.717, 1.165) is 12.0 Å². The quantitative estimate of drug-likeness (QED) is 0.914. The minimum absolute atomic E-state index is 0.0377. The fraction of sp³-hybridized carbons (Fsp3) is 0.429. The largest absolute Gasteiger partial charge is 0.503 e. The van der Waals surface area contributed by atoms with Gasteiger partial charge in [0.05, 0.1) is 5.69 Å². The lowest BCUT2D eigenvalue weighted by Gasteiger charge is -2.16. The van der Waals surface area contributed by atoms with Crippen molar-refractivity contribution in [3.8, 4) is 5.75 Å². The van der Waals surface area contributed by atoms with E-state index in [1.807, 2.05) is 27.9 Å². The SMILES string of the molecule is CCCc1c(C)nc2c(O)c(N(C)C)ccn2c1=O. The summed E-state index contributed by atoms with van der Waals surface area (Å²) in [6.45, 7) is 3.84. The molecule has 0 aliphatic rings. The average Bonchev–Trinajstić information content (AvgIpc) is 2.35. The number of rotatable bonds is 3. The highest BCUT2D eigenvalue weighted by atomic mass is 16.3. The van der Waals surface area contributed by atoms with Crippen LogP contribution in [0.5, 0.6) is 5.75 Å². The first-order chi connectivity index (χ1) is 8.97. The Bertz CT molecular complexity index is 674. The maximum absolute atomic E-state index is 12.4. The van der Waals surface area contributed by atoms with Crippen LogP contribution in [-0.2, 0) is 6.42 Å². The number of hydrogen-bond acceptors (Lipinski definition) is 4. The highest BCUT2D eigenvalue weighted by molar-refractivity contribution is 5.69. The number of aromatic hydroxyl groups is 1. The smallest absolute Gasteiger partial charge is 0.261 e. The third kappa shape index (κ3) is 2.16. The molecule has 2 aromatic rings. The molecule has 5 heteroatoms. The number of pyridine rings is 1. The van der Waals surface area contributed by atoms with Crippen LogP contribution in [0.15, 0.2) is 17.1 Å². The molecule has 0 fully saturated rings. The van der Waals surface area contributed by atoms with Crippen molar-refractivity contribution in [2.24, 2.45) is 0 Å². The zero-order valence-corrected chi connectivity index (χ0v) is 11.8. The summed E-state index contributed by atoms with van der Waals surface area (Å²) in [6.07, 6.45) is 3.26. The third-order valence-electron chi connectivity index (χ3n) is 3.23. The molecule has 0 saturated carbocycles. The molecular weight excluding hydrogens is 242 g/mol. The molecule has 0 amide bonds. The minimum atomic E-state index is -0.0926. The molecule has 2 rings (SSSR count). The molecule has 0 aliphatic heterocycles. The van der Waals surface area contributed by atoms with Gasteiger partial charge < -0.3 is 10.0 Å². The fourth-order valence-corrected chi connectivity index (χ4v) is 2.22. The van der Waals surface area contributed by atoms with E-state index in [9.17, 15) is 9.90 Å². The number of hydrogen-bond donors (Lipinski definition) is 1. The van der Waals surface area contributed by atoms with Gasteiger partial charge in [-0.2, -0.15) is 0 Å². The predicted molar refractivity (Wildman–Crippen MR) is 76.2 cm³/mol. The predicted octanol–water partition coefficient (Wildman–Crippen LogP) is 1.73. The number of fused-ring (bicyclic) bond motifs is 1. The topological polar surface area (TPSA) is 57.8 Å². The third-order valence-corrected chi connectivity index (χ3v) is 3.23. The molecule has 0 atom stereocenters. The van der Waals surface area contributed by atoms with Crippen molar-refractivity contribution in [3.63, 3.8) is 0 Å². The van der Waals surface area contributed by atoms with Crippen LogP contribution >= 0.6 is 0 Å². The van der Waals surface area contributed by atoms with Crippen molar-refractivity contribution in [2.75, 3.05) is 19.0 Å². The lowest BCUT2D eigenvalue weighted by molar-refractivity contribution is 0.476. The van der Waals surface area contributed by atoms with Gasteiger partial charge in [-0.3, -0.25) is 9.20 Å². The molecule has 1 N–H and O–H groups in total. The Kier molecular flexibility index (Phi) is 3.46. The van der Waals surface area contributed by atoms with E-state index in [4.69, 9.17) is 0 Å². The van der Waals surface area contributed by atoms with Crippen LogP contribution < -0.4 is 10.5 Å². The van der Waals surface area contributed by atoms with Gasteiger partial charge in [0, 0.05) is 31.5 Å². The molecule has 19 heavy (non-hydrogen) atoms. The molecule has 102 valence electrons.